The van der Waals surface area contributed by atoms with Crippen LogP contribution in [0.2, 0.25) is 0 Å². The van der Waals surface area contributed by atoms with Gasteiger partial charge in [0, 0.05) is 12.8 Å². The molecular formula is C19H30O. The van der Waals surface area contributed by atoms with E-state index in [-0.39, 0.29) is 0 Å². The zero-order valence-corrected chi connectivity index (χ0v) is 13.3. The van der Waals surface area contributed by atoms with Gasteiger partial charge in [0.05, 0.1) is 0 Å². The van der Waals surface area contributed by atoms with E-state index in [1.54, 1.807) is 0 Å². The monoisotopic (exact) mass is 274 g/mol. The Hall–Kier alpha value is -0.330. The molecule has 4 aliphatic carbocycles. The largest absolute Gasteiger partial charge is 0.300 e. The molecule has 1 heteroatoms. The van der Waals surface area contributed by atoms with E-state index >= 15 is 0 Å². The zero-order valence-electron chi connectivity index (χ0n) is 13.3. The summed E-state index contributed by atoms with van der Waals surface area (Å²) >= 11 is 0. The van der Waals surface area contributed by atoms with Crippen LogP contribution < -0.4 is 0 Å². The summed E-state index contributed by atoms with van der Waals surface area (Å²) in [6.45, 7) is 5.14. The van der Waals surface area contributed by atoms with E-state index in [0.29, 0.717) is 16.6 Å². The maximum absolute atomic E-state index is 11.9. The number of Topliss-reactive ketones (excluding diaryl/α,β-unsaturated/α-hetero) is 1. The molecule has 20 heavy (non-hydrogen) atoms. The third-order valence-electron chi connectivity index (χ3n) is 8.26. The van der Waals surface area contributed by atoms with E-state index in [0.717, 1.165) is 36.5 Å². The maximum Gasteiger partial charge on any atom is 0.133 e. The second kappa shape index (κ2) is 4.34. The van der Waals surface area contributed by atoms with E-state index in [4.69, 9.17) is 0 Å². The quantitative estimate of drug-likeness (QED) is 0.608. The lowest BCUT2D eigenvalue weighted by atomic mass is 9.45. The van der Waals surface area contributed by atoms with Gasteiger partial charge < -0.3 is 0 Å². The number of carbonyl (C=O) groups excluding carboxylic acids is 1. The van der Waals surface area contributed by atoms with Crippen LogP contribution in [0.1, 0.15) is 78.1 Å². The maximum atomic E-state index is 11.9. The van der Waals surface area contributed by atoms with E-state index in [2.05, 4.69) is 13.8 Å². The summed E-state index contributed by atoms with van der Waals surface area (Å²) in [5.41, 5.74) is 1.18. The van der Waals surface area contributed by atoms with Crippen molar-refractivity contribution in [2.75, 3.05) is 0 Å². The van der Waals surface area contributed by atoms with Gasteiger partial charge >= 0.3 is 0 Å². The molecule has 4 rings (SSSR count). The standard InChI is InChI=1S/C19H30O/c1-18-9-3-4-16(18)15-6-5-13-12-14(20)7-11-19(13,2)17(15)8-10-18/h13,15-17H,3-12H2,1-2H3/t13?,15-,16-,17-,18-,19-/m0/s1. The SMILES string of the molecule is C[C@@]12CCC[C@H]1[C@@H]1CCC3CC(=O)CC[C@]3(C)[C@H]1CC2. The molecule has 0 N–H and O–H groups in total. The van der Waals surface area contributed by atoms with Crippen LogP contribution in [0.15, 0.2) is 0 Å². The average molecular weight is 274 g/mol. The lowest BCUT2D eigenvalue weighted by molar-refractivity contribution is -0.137. The van der Waals surface area contributed by atoms with Gasteiger partial charge in [0.1, 0.15) is 5.78 Å². The van der Waals surface area contributed by atoms with Gasteiger partial charge in [0.15, 0.2) is 0 Å². The minimum atomic E-state index is 0.501. The molecule has 112 valence electrons. The summed E-state index contributed by atoms with van der Waals surface area (Å²) < 4.78 is 0. The van der Waals surface area contributed by atoms with Gasteiger partial charge in [0.2, 0.25) is 0 Å². The summed E-state index contributed by atoms with van der Waals surface area (Å²) in [6.07, 6.45) is 13.1. The first-order chi connectivity index (χ1) is 9.53. The Balaban J connectivity index is 1.64. The van der Waals surface area contributed by atoms with Crippen LogP contribution in [0.5, 0.6) is 0 Å². The first kappa shape index (κ1) is 13.3. The molecule has 0 saturated heterocycles. The highest BCUT2D eigenvalue weighted by atomic mass is 16.1. The van der Waals surface area contributed by atoms with Gasteiger partial charge in [-0.2, -0.15) is 0 Å². The number of fused-ring (bicyclic) bond motifs is 5. The van der Waals surface area contributed by atoms with Gasteiger partial charge in [-0.15, -0.1) is 0 Å². The predicted molar refractivity (Wildman–Crippen MR) is 81.4 cm³/mol. The van der Waals surface area contributed by atoms with Crippen molar-refractivity contribution in [2.45, 2.75) is 78.1 Å². The third kappa shape index (κ3) is 1.70. The fourth-order valence-corrected chi connectivity index (χ4v) is 7.04. The Kier molecular flexibility index (Phi) is 2.89. The molecular weight excluding hydrogens is 244 g/mol. The molecule has 1 nitrogen and oxygen atoms in total. The topological polar surface area (TPSA) is 17.1 Å². The first-order valence-electron chi connectivity index (χ1n) is 9.05. The molecule has 4 fully saturated rings. The van der Waals surface area contributed by atoms with Crippen LogP contribution in [0.3, 0.4) is 0 Å². The molecule has 0 aromatic rings. The summed E-state index contributed by atoms with van der Waals surface area (Å²) in [5, 5.41) is 0. The normalized spacial score (nSPS) is 55.0. The summed E-state index contributed by atoms with van der Waals surface area (Å²) in [5.74, 6) is 4.20. The van der Waals surface area contributed by atoms with Crippen molar-refractivity contribution >= 4 is 5.78 Å². The first-order valence-corrected chi connectivity index (χ1v) is 9.05. The van der Waals surface area contributed by atoms with Gasteiger partial charge in [-0.25, -0.2) is 0 Å². The van der Waals surface area contributed by atoms with Gasteiger partial charge in [-0.1, -0.05) is 20.3 Å². The van der Waals surface area contributed by atoms with Crippen LogP contribution in [-0.4, -0.2) is 5.78 Å². The minimum Gasteiger partial charge on any atom is -0.300 e. The van der Waals surface area contributed by atoms with E-state index < -0.39 is 0 Å². The molecule has 0 heterocycles. The number of hydrogen-bond acceptors (Lipinski definition) is 1. The predicted octanol–water partition coefficient (Wildman–Crippen LogP) is 4.99. The Morgan fingerprint density at radius 1 is 0.950 bits per heavy atom. The highest BCUT2D eigenvalue weighted by molar-refractivity contribution is 5.79. The second-order valence-corrected chi connectivity index (χ2v) is 8.98. The molecule has 0 aliphatic heterocycles. The summed E-state index contributed by atoms with van der Waals surface area (Å²) in [7, 11) is 0. The van der Waals surface area contributed by atoms with Crippen molar-refractivity contribution in [1.29, 1.82) is 0 Å². The Morgan fingerprint density at radius 3 is 2.65 bits per heavy atom. The molecule has 0 aromatic carbocycles. The van der Waals surface area contributed by atoms with Crippen molar-refractivity contribution in [3.8, 4) is 0 Å². The van der Waals surface area contributed by atoms with Gasteiger partial charge in [0.25, 0.3) is 0 Å². The van der Waals surface area contributed by atoms with Gasteiger partial charge in [-0.3, -0.25) is 4.79 Å². The Bertz CT molecular complexity index is 427. The van der Waals surface area contributed by atoms with Crippen LogP contribution in [-0.2, 0) is 4.79 Å². The van der Waals surface area contributed by atoms with Crippen LogP contribution in [0.4, 0.5) is 0 Å². The van der Waals surface area contributed by atoms with E-state index in [9.17, 15) is 4.79 Å². The van der Waals surface area contributed by atoms with Crippen LogP contribution >= 0.6 is 0 Å². The smallest absolute Gasteiger partial charge is 0.133 e. The number of rotatable bonds is 0. The molecule has 0 bridgehead atoms. The number of hydrogen-bond donors (Lipinski definition) is 0. The van der Waals surface area contributed by atoms with Crippen molar-refractivity contribution in [3.63, 3.8) is 0 Å². The molecule has 0 spiro atoms. The molecule has 1 unspecified atom stereocenters. The Labute approximate surface area is 123 Å². The second-order valence-electron chi connectivity index (χ2n) is 8.98. The molecule has 4 saturated carbocycles. The summed E-state index contributed by atoms with van der Waals surface area (Å²) in [4.78, 5) is 11.9. The molecule has 6 atom stereocenters. The molecule has 0 aromatic heterocycles. The van der Waals surface area contributed by atoms with Crippen molar-refractivity contribution in [3.05, 3.63) is 0 Å². The lowest BCUT2D eigenvalue weighted by Gasteiger charge is -2.59. The van der Waals surface area contributed by atoms with Crippen molar-refractivity contribution in [2.24, 2.45) is 34.5 Å². The molecule has 0 radical (unpaired) electrons. The minimum absolute atomic E-state index is 0.501. The fraction of sp³-hybridized carbons (Fsp3) is 0.947. The summed E-state index contributed by atoms with van der Waals surface area (Å²) in [6, 6.07) is 0. The van der Waals surface area contributed by atoms with Crippen LogP contribution in [0.25, 0.3) is 0 Å². The number of carbonyl (C=O) groups is 1. The lowest BCUT2D eigenvalue weighted by Crippen LogP contribution is -2.52. The van der Waals surface area contributed by atoms with Gasteiger partial charge in [-0.05, 0) is 79.4 Å². The van der Waals surface area contributed by atoms with Crippen molar-refractivity contribution in [1.82, 2.24) is 0 Å². The average Bonchev–Trinajstić information content (AvgIpc) is 2.81. The van der Waals surface area contributed by atoms with E-state index in [1.807, 2.05) is 0 Å². The fourth-order valence-electron chi connectivity index (χ4n) is 7.04. The number of ketones is 1. The zero-order chi connectivity index (χ0) is 14.0. The van der Waals surface area contributed by atoms with E-state index in [1.165, 1.54) is 51.4 Å². The third-order valence-corrected chi connectivity index (χ3v) is 8.26. The van der Waals surface area contributed by atoms with Crippen LogP contribution in [0, 0.1) is 34.5 Å². The van der Waals surface area contributed by atoms with Crippen molar-refractivity contribution < 1.29 is 4.79 Å². The highest BCUT2D eigenvalue weighted by Gasteiger charge is 2.57. The molecule has 0 amide bonds. The molecule has 4 aliphatic rings. The Morgan fingerprint density at radius 2 is 1.80 bits per heavy atom. The highest BCUT2D eigenvalue weighted by Crippen LogP contribution is 2.65.